The molecule has 1 fully saturated rings. The number of rotatable bonds is 6. The Morgan fingerprint density at radius 2 is 2.29 bits per heavy atom. The number of benzene rings is 1. The second-order valence-corrected chi connectivity index (χ2v) is 6.72. The lowest BCUT2D eigenvalue weighted by molar-refractivity contribution is -0.113. The molecule has 0 aliphatic carbocycles. The van der Waals surface area contributed by atoms with Crippen LogP contribution < -0.4 is 5.32 Å². The quantitative estimate of drug-likeness (QED) is 0.838. The Hall–Kier alpha value is -1.86. The molecule has 7 heteroatoms. The first-order valence-corrected chi connectivity index (χ1v) is 9.17. The van der Waals surface area contributed by atoms with Gasteiger partial charge in [-0.05, 0) is 31.4 Å². The van der Waals surface area contributed by atoms with E-state index in [9.17, 15) is 9.18 Å². The minimum Gasteiger partial charge on any atom is -0.377 e. The zero-order chi connectivity index (χ0) is 16.8. The van der Waals surface area contributed by atoms with Gasteiger partial charge in [-0.25, -0.2) is 4.39 Å². The van der Waals surface area contributed by atoms with E-state index in [4.69, 9.17) is 4.74 Å². The summed E-state index contributed by atoms with van der Waals surface area (Å²) in [5, 5.41) is 9.45. The third-order valence-electron chi connectivity index (χ3n) is 3.87. The molecule has 128 valence electrons. The van der Waals surface area contributed by atoms with Crippen molar-refractivity contribution in [2.75, 3.05) is 23.4 Å². The normalized spacial score (nSPS) is 17.6. The Kier molecular flexibility index (Phi) is 5.87. The summed E-state index contributed by atoms with van der Waals surface area (Å²) in [5.41, 5.74) is 1.34. The number of thioether (sulfide) groups is 1. The highest BCUT2D eigenvalue weighted by atomic mass is 32.2. The maximum Gasteiger partial charge on any atom is 0.234 e. The van der Waals surface area contributed by atoms with E-state index in [0.29, 0.717) is 22.7 Å². The predicted molar refractivity (Wildman–Crippen MR) is 93.5 cm³/mol. The standard InChI is InChI=1S/C17H20FN3O2S/c18-14-7-2-1-6-13(14)17-15(9-19-21-17)20-16(22)11-24-10-12-5-3-4-8-23-12/h1-2,6-7,9,12H,3-5,8,10-11H2,(H,19,21)(H,20,22). The number of ether oxygens (including phenoxy) is 1. The summed E-state index contributed by atoms with van der Waals surface area (Å²) in [7, 11) is 0. The van der Waals surface area contributed by atoms with Crippen molar-refractivity contribution in [3.8, 4) is 11.3 Å². The molecule has 1 saturated heterocycles. The highest BCUT2D eigenvalue weighted by Gasteiger charge is 2.16. The molecule has 0 saturated carbocycles. The van der Waals surface area contributed by atoms with Crippen molar-refractivity contribution in [1.29, 1.82) is 0 Å². The van der Waals surface area contributed by atoms with Crippen molar-refractivity contribution in [1.82, 2.24) is 10.2 Å². The fourth-order valence-corrected chi connectivity index (χ4v) is 3.56. The number of nitrogens with zero attached hydrogens (tertiary/aromatic N) is 1. The van der Waals surface area contributed by atoms with Gasteiger partial charge in [0.2, 0.25) is 5.91 Å². The molecule has 1 aromatic carbocycles. The lowest BCUT2D eigenvalue weighted by Gasteiger charge is -2.21. The summed E-state index contributed by atoms with van der Waals surface area (Å²) < 4.78 is 19.5. The van der Waals surface area contributed by atoms with Gasteiger partial charge in [0.05, 0.1) is 29.4 Å². The molecule has 1 aliphatic rings. The Morgan fingerprint density at radius 1 is 1.42 bits per heavy atom. The van der Waals surface area contributed by atoms with E-state index in [1.54, 1.807) is 30.0 Å². The number of hydrogen-bond donors (Lipinski definition) is 2. The smallest absolute Gasteiger partial charge is 0.234 e. The lowest BCUT2D eigenvalue weighted by Crippen LogP contribution is -2.23. The van der Waals surface area contributed by atoms with Crippen LogP contribution in [0.4, 0.5) is 10.1 Å². The second kappa shape index (κ2) is 8.30. The van der Waals surface area contributed by atoms with Gasteiger partial charge in [-0.3, -0.25) is 9.89 Å². The van der Waals surface area contributed by atoms with Gasteiger partial charge < -0.3 is 10.1 Å². The zero-order valence-corrected chi connectivity index (χ0v) is 14.1. The Labute approximate surface area is 144 Å². The molecule has 1 atom stereocenters. The number of anilines is 1. The third-order valence-corrected chi connectivity index (χ3v) is 4.94. The molecular formula is C17H20FN3O2S. The topological polar surface area (TPSA) is 67.0 Å². The number of H-pyrrole nitrogens is 1. The average Bonchev–Trinajstić information content (AvgIpc) is 3.04. The van der Waals surface area contributed by atoms with Crippen LogP contribution in [0.15, 0.2) is 30.5 Å². The van der Waals surface area contributed by atoms with Crippen LogP contribution in [0.2, 0.25) is 0 Å². The van der Waals surface area contributed by atoms with Crippen molar-refractivity contribution in [2.24, 2.45) is 0 Å². The van der Waals surface area contributed by atoms with Crippen molar-refractivity contribution in [3.63, 3.8) is 0 Å². The van der Waals surface area contributed by atoms with Crippen LogP contribution in [0, 0.1) is 5.82 Å². The van der Waals surface area contributed by atoms with Crippen LogP contribution in [0.1, 0.15) is 19.3 Å². The lowest BCUT2D eigenvalue weighted by atomic mass is 10.1. The molecule has 1 amide bonds. The van der Waals surface area contributed by atoms with Crippen molar-refractivity contribution in [3.05, 3.63) is 36.3 Å². The van der Waals surface area contributed by atoms with Gasteiger partial charge in [0, 0.05) is 17.9 Å². The summed E-state index contributed by atoms with van der Waals surface area (Å²) in [6, 6.07) is 6.39. The maximum atomic E-state index is 13.9. The fourth-order valence-electron chi connectivity index (χ4n) is 2.66. The first kappa shape index (κ1) is 17.0. The van der Waals surface area contributed by atoms with E-state index in [-0.39, 0.29) is 17.8 Å². The van der Waals surface area contributed by atoms with Gasteiger partial charge in [-0.2, -0.15) is 5.10 Å². The van der Waals surface area contributed by atoms with Crippen LogP contribution >= 0.6 is 11.8 Å². The molecule has 5 nitrogen and oxygen atoms in total. The van der Waals surface area contributed by atoms with Gasteiger partial charge in [0.25, 0.3) is 0 Å². The first-order chi connectivity index (χ1) is 11.7. The Bertz CT molecular complexity index is 686. The van der Waals surface area contributed by atoms with Gasteiger partial charge in [-0.15, -0.1) is 11.8 Å². The number of halogens is 1. The third kappa shape index (κ3) is 4.36. The summed E-state index contributed by atoms with van der Waals surface area (Å²) in [6.07, 6.45) is 5.13. The van der Waals surface area contributed by atoms with Gasteiger partial charge >= 0.3 is 0 Å². The highest BCUT2D eigenvalue weighted by molar-refractivity contribution is 8.00. The number of aromatic nitrogens is 2. The number of amides is 1. The molecular weight excluding hydrogens is 329 g/mol. The zero-order valence-electron chi connectivity index (χ0n) is 13.3. The first-order valence-electron chi connectivity index (χ1n) is 8.01. The van der Waals surface area contributed by atoms with E-state index in [2.05, 4.69) is 15.5 Å². The molecule has 1 aliphatic heterocycles. The maximum absolute atomic E-state index is 13.9. The van der Waals surface area contributed by atoms with E-state index >= 15 is 0 Å². The molecule has 0 bridgehead atoms. The van der Waals surface area contributed by atoms with Crippen molar-refractivity contribution >= 4 is 23.4 Å². The van der Waals surface area contributed by atoms with Crippen molar-refractivity contribution in [2.45, 2.75) is 25.4 Å². The molecule has 0 spiro atoms. The van der Waals surface area contributed by atoms with Gasteiger partial charge in [0.15, 0.2) is 0 Å². The van der Waals surface area contributed by atoms with Crippen LogP contribution in [-0.4, -0.2) is 40.3 Å². The largest absolute Gasteiger partial charge is 0.377 e. The molecule has 2 heterocycles. The Morgan fingerprint density at radius 3 is 3.08 bits per heavy atom. The van der Waals surface area contributed by atoms with Gasteiger partial charge in [0.1, 0.15) is 5.82 Å². The molecule has 2 aromatic rings. The monoisotopic (exact) mass is 349 g/mol. The second-order valence-electron chi connectivity index (χ2n) is 5.69. The summed E-state index contributed by atoms with van der Waals surface area (Å²) in [4.78, 5) is 12.1. The number of nitrogens with one attached hydrogen (secondary N) is 2. The fraction of sp³-hybridized carbons (Fsp3) is 0.412. The van der Waals surface area contributed by atoms with Crippen LogP contribution in [0.25, 0.3) is 11.3 Å². The molecule has 24 heavy (non-hydrogen) atoms. The summed E-state index contributed by atoms with van der Waals surface area (Å²) in [5.74, 6) is 0.664. The molecule has 2 N–H and O–H groups in total. The van der Waals surface area contributed by atoms with Crippen LogP contribution in [0.3, 0.4) is 0 Å². The Balaban J connectivity index is 1.54. The molecule has 1 aromatic heterocycles. The minimum atomic E-state index is -0.360. The van der Waals surface area contributed by atoms with E-state index in [1.165, 1.54) is 18.7 Å². The highest BCUT2D eigenvalue weighted by Crippen LogP contribution is 2.27. The van der Waals surface area contributed by atoms with Crippen LogP contribution in [-0.2, 0) is 9.53 Å². The van der Waals surface area contributed by atoms with Crippen molar-refractivity contribution < 1.29 is 13.9 Å². The molecule has 1 unspecified atom stereocenters. The summed E-state index contributed by atoms with van der Waals surface area (Å²) in [6.45, 7) is 0.818. The average molecular weight is 349 g/mol. The van der Waals surface area contributed by atoms with Gasteiger partial charge in [-0.1, -0.05) is 12.1 Å². The minimum absolute atomic E-state index is 0.130. The summed E-state index contributed by atoms with van der Waals surface area (Å²) >= 11 is 1.55. The van der Waals surface area contributed by atoms with E-state index in [0.717, 1.165) is 25.2 Å². The van der Waals surface area contributed by atoms with Crippen LogP contribution in [0.5, 0.6) is 0 Å². The number of aromatic amines is 1. The van der Waals surface area contributed by atoms with E-state index in [1.807, 2.05) is 0 Å². The number of carbonyl (C=O) groups is 1. The van der Waals surface area contributed by atoms with E-state index < -0.39 is 0 Å². The molecule has 3 rings (SSSR count). The number of hydrogen-bond acceptors (Lipinski definition) is 4. The number of carbonyl (C=O) groups excluding carboxylic acids is 1. The SMILES string of the molecule is O=C(CSCC1CCCCO1)Nc1cn[nH]c1-c1ccccc1F. The predicted octanol–water partition coefficient (Wildman–Crippen LogP) is 3.46. The molecule has 0 radical (unpaired) electrons.